The van der Waals surface area contributed by atoms with Crippen LogP contribution in [0.4, 0.5) is 4.39 Å². The van der Waals surface area contributed by atoms with E-state index < -0.39 is 33.8 Å². The van der Waals surface area contributed by atoms with Crippen LogP contribution in [0.15, 0.2) is 83.8 Å². The molecule has 2 unspecified atom stereocenters. The highest BCUT2D eigenvalue weighted by Gasteiger charge is 2.34. The van der Waals surface area contributed by atoms with Crippen molar-refractivity contribution in [1.29, 1.82) is 0 Å². The van der Waals surface area contributed by atoms with Crippen molar-refractivity contribution in [2.45, 2.75) is 74.2 Å². The van der Waals surface area contributed by atoms with Gasteiger partial charge in [0.2, 0.25) is 15.9 Å². The molecule has 1 amide bonds. The lowest BCUT2D eigenvalue weighted by Crippen LogP contribution is -2.46. The Hall–Kier alpha value is -2.81. The maximum atomic E-state index is 14.2. The lowest BCUT2D eigenvalue weighted by atomic mass is 9.84. The Kier molecular flexibility index (Phi) is 8.31. The Labute approximate surface area is 218 Å². The van der Waals surface area contributed by atoms with Crippen molar-refractivity contribution in [3.63, 3.8) is 0 Å². The molecule has 3 atom stereocenters. The lowest BCUT2D eigenvalue weighted by Gasteiger charge is -2.34. The smallest absolute Gasteiger partial charge is 0.240 e. The van der Waals surface area contributed by atoms with E-state index in [0.29, 0.717) is 25.7 Å². The SMILES string of the molecule is CC(C)(O)[C@@H](NC(=O)C1CCC(NS(=O)(=O)c2ccc(C3C=CC=CC3F)cc2)CC1)c1ccccc1. The number of amides is 1. The van der Waals surface area contributed by atoms with E-state index in [1.165, 1.54) is 18.2 Å². The first-order valence-electron chi connectivity index (χ1n) is 12.7. The summed E-state index contributed by atoms with van der Waals surface area (Å²) in [5, 5.41) is 13.6. The number of hydrogen-bond acceptors (Lipinski definition) is 4. The Balaban J connectivity index is 1.33. The average molecular weight is 527 g/mol. The Morgan fingerprint density at radius 3 is 2.19 bits per heavy atom. The highest BCUT2D eigenvalue weighted by Crippen LogP contribution is 2.31. The van der Waals surface area contributed by atoms with E-state index in [1.807, 2.05) is 30.3 Å². The molecule has 0 heterocycles. The molecule has 37 heavy (non-hydrogen) atoms. The van der Waals surface area contributed by atoms with Crippen molar-refractivity contribution in [3.8, 4) is 0 Å². The fourth-order valence-corrected chi connectivity index (χ4v) is 6.38. The van der Waals surface area contributed by atoms with E-state index in [1.54, 1.807) is 44.2 Å². The normalized spacial score (nSPS) is 25.0. The number of carbonyl (C=O) groups is 1. The van der Waals surface area contributed by atoms with E-state index in [2.05, 4.69) is 10.0 Å². The Morgan fingerprint density at radius 2 is 1.59 bits per heavy atom. The number of aliphatic hydroxyl groups is 1. The van der Waals surface area contributed by atoms with E-state index >= 15 is 0 Å². The summed E-state index contributed by atoms with van der Waals surface area (Å²) < 4.78 is 42.9. The van der Waals surface area contributed by atoms with Gasteiger partial charge in [0.1, 0.15) is 6.17 Å². The second kappa shape index (κ2) is 11.3. The third-order valence-electron chi connectivity index (χ3n) is 7.19. The molecule has 0 aromatic heterocycles. The van der Waals surface area contributed by atoms with Gasteiger partial charge >= 0.3 is 0 Å². The Morgan fingerprint density at radius 1 is 0.973 bits per heavy atom. The molecule has 2 aliphatic rings. The standard InChI is InChI=1S/C29H35FN2O4S/c1-29(2,34)27(21-8-4-3-5-9-21)31-28(33)22-12-16-23(17-13-22)32-37(35,36)24-18-14-20(15-19-24)25-10-6-7-11-26(25)30/h3-11,14-15,18-19,22-23,25-27,32,34H,12-13,16-17H2,1-2H3,(H,31,33)/t22?,23?,25?,26?,27-/m0/s1. The molecular weight excluding hydrogens is 491 g/mol. The van der Waals surface area contributed by atoms with Gasteiger partial charge in [0.15, 0.2) is 0 Å². The predicted molar refractivity (Wildman–Crippen MR) is 142 cm³/mol. The molecular formula is C29H35FN2O4S. The van der Waals surface area contributed by atoms with Gasteiger partial charge in [-0.3, -0.25) is 4.79 Å². The minimum Gasteiger partial charge on any atom is -0.388 e. The summed E-state index contributed by atoms with van der Waals surface area (Å²) in [6, 6.07) is 14.9. The van der Waals surface area contributed by atoms with Crippen molar-refractivity contribution in [2.75, 3.05) is 0 Å². The number of halogens is 1. The number of hydrogen-bond donors (Lipinski definition) is 3. The molecule has 8 heteroatoms. The second-order valence-electron chi connectivity index (χ2n) is 10.5. The second-order valence-corrected chi connectivity index (χ2v) is 12.2. The maximum Gasteiger partial charge on any atom is 0.240 e. The molecule has 0 bridgehead atoms. The number of carbonyl (C=O) groups excluding carboxylic acids is 1. The summed E-state index contributed by atoms with van der Waals surface area (Å²) in [4.78, 5) is 13.2. The van der Waals surface area contributed by atoms with Crippen molar-refractivity contribution >= 4 is 15.9 Å². The predicted octanol–water partition coefficient (Wildman–Crippen LogP) is 4.70. The van der Waals surface area contributed by atoms with E-state index in [4.69, 9.17) is 0 Å². The summed E-state index contributed by atoms with van der Waals surface area (Å²) >= 11 is 0. The highest BCUT2D eigenvalue weighted by atomic mass is 32.2. The zero-order chi connectivity index (χ0) is 26.6. The Bertz CT molecular complexity index is 1230. The third kappa shape index (κ3) is 6.74. The largest absolute Gasteiger partial charge is 0.388 e. The molecule has 0 spiro atoms. The van der Waals surface area contributed by atoms with E-state index in [0.717, 1.165) is 11.1 Å². The first-order valence-corrected chi connectivity index (χ1v) is 14.2. The van der Waals surface area contributed by atoms with Crippen molar-refractivity contribution in [3.05, 3.63) is 90.0 Å². The van der Waals surface area contributed by atoms with Gasteiger partial charge in [-0.15, -0.1) is 0 Å². The van der Waals surface area contributed by atoms with Gasteiger partial charge in [-0.2, -0.15) is 0 Å². The molecule has 3 N–H and O–H groups in total. The van der Waals surface area contributed by atoms with E-state index in [9.17, 15) is 22.7 Å². The molecule has 1 saturated carbocycles. The molecule has 2 aromatic rings. The molecule has 2 aliphatic carbocycles. The number of allylic oxidation sites excluding steroid dienone is 4. The third-order valence-corrected chi connectivity index (χ3v) is 8.73. The van der Waals surface area contributed by atoms with Crippen LogP contribution in [-0.4, -0.2) is 37.2 Å². The summed E-state index contributed by atoms with van der Waals surface area (Å²) in [5.41, 5.74) is 0.404. The number of rotatable bonds is 8. The molecule has 2 aromatic carbocycles. The van der Waals surface area contributed by atoms with E-state index in [-0.39, 0.29) is 22.8 Å². The molecule has 198 valence electrons. The van der Waals surface area contributed by atoms with Crippen LogP contribution in [0.25, 0.3) is 0 Å². The van der Waals surface area contributed by atoms with Crippen LogP contribution in [0.2, 0.25) is 0 Å². The van der Waals surface area contributed by atoms with Crippen LogP contribution >= 0.6 is 0 Å². The first-order chi connectivity index (χ1) is 17.5. The molecule has 0 aliphatic heterocycles. The zero-order valence-electron chi connectivity index (χ0n) is 21.2. The molecule has 4 rings (SSSR count). The number of alkyl halides is 1. The topological polar surface area (TPSA) is 95.5 Å². The van der Waals surface area contributed by atoms with Gasteiger partial charge in [-0.05, 0) is 68.9 Å². The molecule has 0 radical (unpaired) electrons. The minimum atomic E-state index is -3.74. The van der Waals surface area contributed by atoms with Crippen LogP contribution in [0.1, 0.15) is 62.6 Å². The van der Waals surface area contributed by atoms with Crippen LogP contribution in [0.3, 0.4) is 0 Å². The molecule has 0 saturated heterocycles. The summed E-state index contributed by atoms with van der Waals surface area (Å²) in [6.07, 6.45) is 7.74. The van der Waals surface area contributed by atoms with Crippen molar-refractivity contribution in [1.82, 2.24) is 10.0 Å². The summed E-state index contributed by atoms with van der Waals surface area (Å²) in [6.45, 7) is 3.34. The summed E-state index contributed by atoms with van der Waals surface area (Å²) in [7, 11) is -3.74. The van der Waals surface area contributed by atoms with Gasteiger partial charge in [0.05, 0.1) is 16.5 Å². The van der Waals surface area contributed by atoms with Crippen LogP contribution < -0.4 is 10.0 Å². The van der Waals surface area contributed by atoms with Crippen molar-refractivity contribution < 1.29 is 22.7 Å². The highest BCUT2D eigenvalue weighted by molar-refractivity contribution is 7.89. The average Bonchev–Trinajstić information content (AvgIpc) is 2.87. The number of nitrogens with one attached hydrogen (secondary N) is 2. The van der Waals surface area contributed by atoms with Gasteiger partial charge in [-0.1, -0.05) is 60.7 Å². The monoisotopic (exact) mass is 526 g/mol. The molecule has 1 fully saturated rings. The van der Waals surface area contributed by atoms with Gasteiger partial charge in [0.25, 0.3) is 0 Å². The summed E-state index contributed by atoms with van der Waals surface area (Å²) in [5.74, 6) is -0.806. The van der Waals surface area contributed by atoms with Crippen molar-refractivity contribution in [2.24, 2.45) is 5.92 Å². The quantitative estimate of drug-likeness (QED) is 0.465. The number of benzene rings is 2. The fraction of sp³-hybridized carbons (Fsp3) is 0.414. The van der Waals surface area contributed by atoms with Gasteiger partial charge in [-0.25, -0.2) is 17.5 Å². The van der Waals surface area contributed by atoms with Gasteiger partial charge < -0.3 is 10.4 Å². The van der Waals surface area contributed by atoms with Gasteiger partial charge in [0, 0.05) is 17.9 Å². The lowest BCUT2D eigenvalue weighted by molar-refractivity contribution is -0.128. The minimum absolute atomic E-state index is 0.134. The maximum absolute atomic E-state index is 14.2. The molecule has 6 nitrogen and oxygen atoms in total. The van der Waals surface area contributed by atoms with Crippen LogP contribution in [0.5, 0.6) is 0 Å². The van der Waals surface area contributed by atoms with Crippen LogP contribution in [-0.2, 0) is 14.8 Å². The first kappa shape index (κ1) is 27.2. The fourth-order valence-electron chi connectivity index (χ4n) is 5.08. The number of sulfonamides is 1. The zero-order valence-corrected chi connectivity index (χ0v) is 22.0. The van der Waals surface area contributed by atoms with Crippen LogP contribution in [0, 0.1) is 5.92 Å².